The molecule has 0 bridgehead atoms. The molecule has 0 atom stereocenters. The van der Waals surface area contributed by atoms with E-state index in [1.54, 1.807) is 6.33 Å². The highest BCUT2D eigenvalue weighted by Crippen LogP contribution is 2.23. The predicted octanol–water partition coefficient (Wildman–Crippen LogP) is 4.07. The Kier molecular flexibility index (Phi) is 3.69. The number of benzene rings is 1. The van der Waals surface area contributed by atoms with Gasteiger partial charge in [0.2, 0.25) is 0 Å². The lowest BCUT2D eigenvalue weighted by Gasteiger charge is -2.09. The Morgan fingerprint density at radius 3 is 2.88 bits per heavy atom. The Morgan fingerprint density at radius 2 is 2.18 bits per heavy atom. The van der Waals surface area contributed by atoms with E-state index in [2.05, 4.69) is 48.1 Å². The molecule has 0 spiro atoms. The zero-order valence-corrected chi connectivity index (χ0v) is 11.0. The first-order valence-corrected chi connectivity index (χ1v) is 6.26. The molecular formula is C14H16N2S. The standard InChI is InChI=1S/C14H16N2S/c1-3-5-12-13(15-9-16-14(12)17)11-7-4-6-10(2)8-11/h4,6-9H,3,5H2,1-2H3,(H,15,16,17). The zero-order valence-electron chi connectivity index (χ0n) is 10.2. The molecule has 1 N–H and O–H groups in total. The number of hydrogen-bond donors (Lipinski definition) is 1. The number of nitrogens with zero attached hydrogens (tertiary/aromatic N) is 1. The van der Waals surface area contributed by atoms with Crippen molar-refractivity contribution in [2.45, 2.75) is 26.7 Å². The van der Waals surface area contributed by atoms with E-state index in [9.17, 15) is 0 Å². The number of aryl methyl sites for hydroxylation is 1. The summed E-state index contributed by atoms with van der Waals surface area (Å²) >= 11 is 5.31. The van der Waals surface area contributed by atoms with Gasteiger partial charge in [-0.15, -0.1) is 0 Å². The summed E-state index contributed by atoms with van der Waals surface area (Å²) in [4.78, 5) is 7.39. The minimum atomic E-state index is 0.710. The summed E-state index contributed by atoms with van der Waals surface area (Å²) < 4.78 is 0.710. The molecule has 2 rings (SSSR count). The van der Waals surface area contributed by atoms with Crippen molar-refractivity contribution in [2.75, 3.05) is 0 Å². The molecule has 0 unspecified atom stereocenters. The first kappa shape index (κ1) is 12.0. The average molecular weight is 244 g/mol. The third-order valence-electron chi connectivity index (χ3n) is 2.76. The number of aromatic nitrogens is 2. The van der Waals surface area contributed by atoms with Crippen LogP contribution in [0.4, 0.5) is 0 Å². The van der Waals surface area contributed by atoms with E-state index in [0.29, 0.717) is 4.64 Å². The molecule has 0 aliphatic heterocycles. The highest BCUT2D eigenvalue weighted by Gasteiger charge is 2.07. The van der Waals surface area contributed by atoms with Crippen molar-refractivity contribution >= 4 is 12.2 Å². The second-order valence-electron chi connectivity index (χ2n) is 4.18. The Labute approximate surface area is 107 Å². The molecule has 0 saturated carbocycles. The second kappa shape index (κ2) is 5.23. The Morgan fingerprint density at radius 1 is 1.35 bits per heavy atom. The van der Waals surface area contributed by atoms with Gasteiger partial charge in [0.1, 0.15) is 4.64 Å². The molecule has 0 fully saturated rings. The highest BCUT2D eigenvalue weighted by molar-refractivity contribution is 7.71. The van der Waals surface area contributed by atoms with Crippen LogP contribution in [0.1, 0.15) is 24.5 Å². The number of hydrogen-bond acceptors (Lipinski definition) is 2. The van der Waals surface area contributed by atoms with Gasteiger partial charge in [-0.2, -0.15) is 0 Å². The molecule has 0 amide bonds. The van der Waals surface area contributed by atoms with Crippen LogP contribution in [0.15, 0.2) is 30.6 Å². The van der Waals surface area contributed by atoms with Gasteiger partial charge in [0.05, 0.1) is 12.0 Å². The Bertz CT molecular complexity index is 572. The largest absolute Gasteiger partial charge is 0.346 e. The van der Waals surface area contributed by atoms with E-state index in [0.717, 1.165) is 24.1 Å². The molecule has 0 radical (unpaired) electrons. The predicted molar refractivity (Wildman–Crippen MR) is 73.6 cm³/mol. The van der Waals surface area contributed by atoms with Gasteiger partial charge in [-0.1, -0.05) is 49.3 Å². The summed E-state index contributed by atoms with van der Waals surface area (Å²) in [5, 5.41) is 0. The van der Waals surface area contributed by atoms with Crippen LogP contribution in [0.3, 0.4) is 0 Å². The topological polar surface area (TPSA) is 28.7 Å². The maximum Gasteiger partial charge on any atom is 0.133 e. The maximum absolute atomic E-state index is 5.31. The second-order valence-corrected chi connectivity index (χ2v) is 4.57. The molecule has 1 aromatic heterocycles. The number of rotatable bonds is 3. The van der Waals surface area contributed by atoms with Gasteiger partial charge in [-0.3, -0.25) is 0 Å². The molecule has 1 aromatic carbocycles. The molecular weight excluding hydrogens is 228 g/mol. The fourth-order valence-electron chi connectivity index (χ4n) is 1.97. The van der Waals surface area contributed by atoms with Gasteiger partial charge in [0.25, 0.3) is 0 Å². The third kappa shape index (κ3) is 2.61. The van der Waals surface area contributed by atoms with Gasteiger partial charge in [-0.25, -0.2) is 4.98 Å². The SMILES string of the molecule is CCCc1c(-c2cccc(C)c2)[nH]cnc1=S. The van der Waals surface area contributed by atoms with E-state index < -0.39 is 0 Å². The molecule has 0 aliphatic rings. The van der Waals surface area contributed by atoms with Gasteiger partial charge in [0.15, 0.2) is 0 Å². The number of nitrogens with one attached hydrogen (secondary N) is 1. The molecule has 0 saturated heterocycles. The van der Waals surface area contributed by atoms with Crippen LogP contribution in [0.2, 0.25) is 0 Å². The van der Waals surface area contributed by atoms with Crippen molar-refractivity contribution in [1.82, 2.24) is 9.97 Å². The van der Waals surface area contributed by atoms with Crippen LogP contribution in [0.5, 0.6) is 0 Å². The Balaban J connectivity index is 2.59. The maximum atomic E-state index is 5.31. The van der Waals surface area contributed by atoms with Crippen LogP contribution in [0, 0.1) is 11.6 Å². The molecule has 1 heterocycles. The fraction of sp³-hybridized carbons (Fsp3) is 0.286. The van der Waals surface area contributed by atoms with Gasteiger partial charge >= 0.3 is 0 Å². The number of aromatic amines is 1. The van der Waals surface area contributed by atoms with Crippen LogP contribution < -0.4 is 0 Å². The van der Waals surface area contributed by atoms with Crippen molar-refractivity contribution in [3.05, 3.63) is 46.4 Å². The van der Waals surface area contributed by atoms with Crippen molar-refractivity contribution in [2.24, 2.45) is 0 Å². The van der Waals surface area contributed by atoms with Crippen molar-refractivity contribution in [1.29, 1.82) is 0 Å². The van der Waals surface area contributed by atoms with E-state index in [-0.39, 0.29) is 0 Å². The molecule has 2 nitrogen and oxygen atoms in total. The monoisotopic (exact) mass is 244 g/mol. The van der Waals surface area contributed by atoms with E-state index in [1.165, 1.54) is 11.1 Å². The van der Waals surface area contributed by atoms with Gasteiger partial charge in [0, 0.05) is 5.56 Å². The quantitative estimate of drug-likeness (QED) is 0.825. The molecule has 17 heavy (non-hydrogen) atoms. The van der Waals surface area contributed by atoms with Gasteiger partial charge in [-0.05, 0) is 25.0 Å². The van der Waals surface area contributed by atoms with E-state index in [1.807, 2.05) is 0 Å². The molecule has 2 aromatic rings. The summed E-state index contributed by atoms with van der Waals surface area (Å²) in [6, 6.07) is 8.43. The van der Waals surface area contributed by atoms with E-state index >= 15 is 0 Å². The van der Waals surface area contributed by atoms with Crippen LogP contribution in [0.25, 0.3) is 11.3 Å². The van der Waals surface area contributed by atoms with Crippen LogP contribution in [-0.4, -0.2) is 9.97 Å². The first-order chi connectivity index (χ1) is 8.22. The summed E-state index contributed by atoms with van der Waals surface area (Å²) in [7, 11) is 0. The molecule has 88 valence electrons. The third-order valence-corrected chi connectivity index (χ3v) is 3.11. The number of H-pyrrole nitrogens is 1. The molecule has 0 aliphatic carbocycles. The lowest BCUT2D eigenvalue weighted by atomic mass is 10.0. The highest BCUT2D eigenvalue weighted by atomic mass is 32.1. The minimum Gasteiger partial charge on any atom is -0.346 e. The van der Waals surface area contributed by atoms with Crippen molar-refractivity contribution in [3.63, 3.8) is 0 Å². The van der Waals surface area contributed by atoms with E-state index in [4.69, 9.17) is 12.2 Å². The Hall–Kier alpha value is -1.48. The van der Waals surface area contributed by atoms with Crippen molar-refractivity contribution < 1.29 is 0 Å². The summed E-state index contributed by atoms with van der Waals surface area (Å²) in [6.07, 6.45) is 3.72. The lowest BCUT2D eigenvalue weighted by molar-refractivity contribution is 0.898. The first-order valence-electron chi connectivity index (χ1n) is 5.86. The smallest absolute Gasteiger partial charge is 0.133 e. The van der Waals surface area contributed by atoms with Crippen molar-refractivity contribution in [3.8, 4) is 11.3 Å². The summed E-state index contributed by atoms with van der Waals surface area (Å²) in [5.74, 6) is 0. The van der Waals surface area contributed by atoms with Gasteiger partial charge < -0.3 is 4.98 Å². The lowest BCUT2D eigenvalue weighted by Crippen LogP contribution is -1.96. The zero-order chi connectivity index (χ0) is 12.3. The fourth-order valence-corrected chi connectivity index (χ4v) is 2.22. The summed E-state index contributed by atoms with van der Waals surface area (Å²) in [5.41, 5.74) is 4.69. The summed E-state index contributed by atoms with van der Waals surface area (Å²) in [6.45, 7) is 4.25. The molecule has 3 heteroatoms. The van der Waals surface area contributed by atoms with Crippen LogP contribution in [-0.2, 0) is 6.42 Å². The average Bonchev–Trinajstić information content (AvgIpc) is 2.32. The van der Waals surface area contributed by atoms with Crippen LogP contribution >= 0.6 is 12.2 Å². The normalized spacial score (nSPS) is 10.5. The minimum absolute atomic E-state index is 0.710.